The lowest BCUT2D eigenvalue weighted by Crippen LogP contribution is -2.06. The van der Waals surface area contributed by atoms with Gasteiger partial charge in [0.2, 0.25) is 0 Å². The van der Waals surface area contributed by atoms with Crippen molar-refractivity contribution in [3.05, 3.63) is 47.2 Å². The Morgan fingerprint density at radius 3 is 2.39 bits per heavy atom. The Labute approximate surface area is 110 Å². The monoisotopic (exact) mass is 262 g/mol. The largest absolute Gasteiger partial charge is 0.462 e. The molecule has 0 N–H and O–H groups in total. The Hall–Kier alpha value is -1.94. The lowest BCUT2D eigenvalue weighted by atomic mass is 10.2. The molecule has 1 heterocycles. The highest BCUT2D eigenvalue weighted by Gasteiger charge is 2.08. The number of hydrogen-bond donors (Lipinski definition) is 0. The average Bonchev–Trinajstić information content (AvgIpc) is 2.40. The molecule has 4 nitrogen and oxygen atoms in total. The molecule has 0 saturated carbocycles. The number of hydrogen-bond acceptors (Lipinski definition) is 4. The molecule has 0 unspecified atom stereocenters. The Bertz CT molecular complexity index is 538. The van der Waals surface area contributed by atoms with Gasteiger partial charge in [0, 0.05) is 23.0 Å². The lowest BCUT2D eigenvalue weighted by Gasteiger charge is -2.02. The van der Waals surface area contributed by atoms with Crippen molar-refractivity contribution in [2.75, 3.05) is 6.61 Å². The number of rotatable bonds is 3. The van der Waals surface area contributed by atoms with Crippen LogP contribution in [0.15, 0.2) is 36.7 Å². The van der Waals surface area contributed by atoms with Crippen LogP contribution in [0.5, 0.6) is 0 Å². The molecule has 0 amide bonds. The zero-order chi connectivity index (χ0) is 13.0. The van der Waals surface area contributed by atoms with Gasteiger partial charge in [-0.15, -0.1) is 0 Å². The van der Waals surface area contributed by atoms with Crippen LogP contribution in [0.25, 0.3) is 11.4 Å². The first-order valence-electron chi connectivity index (χ1n) is 5.46. The molecule has 92 valence electrons. The van der Waals surface area contributed by atoms with Crippen molar-refractivity contribution >= 4 is 17.6 Å². The lowest BCUT2D eigenvalue weighted by molar-refractivity contribution is 0.0525. The second kappa shape index (κ2) is 5.60. The Balaban J connectivity index is 2.22. The number of aromatic nitrogens is 2. The van der Waals surface area contributed by atoms with Crippen LogP contribution in [-0.2, 0) is 4.74 Å². The van der Waals surface area contributed by atoms with Crippen LogP contribution >= 0.6 is 11.6 Å². The molecule has 0 atom stereocenters. The van der Waals surface area contributed by atoms with E-state index in [1.165, 1.54) is 12.4 Å². The van der Waals surface area contributed by atoms with E-state index < -0.39 is 5.97 Å². The van der Waals surface area contributed by atoms with Gasteiger partial charge in [-0.05, 0) is 31.2 Å². The first kappa shape index (κ1) is 12.5. The van der Waals surface area contributed by atoms with E-state index in [9.17, 15) is 4.79 Å². The number of ether oxygens (including phenoxy) is 1. The predicted octanol–water partition coefficient (Wildman–Crippen LogP) is 2.97. The van der Waals surface area contributed by atoms with Crippen molar-refractivity contribution in [1.29, 1.82) is 0 Å². The van der Waals surface area contributed by atoms with Gasteiger partial charge in [-0.1, -0.05) is 11.6 Å². The number of carbonyl (C=O) groups is 1. The van der Waals surface area contributed by atoms with Crippen molar-refractivity contribution in [2.45, 2.75) is 6.92 Å². The quantitative estimate of drug-likeness (QED) is 0.798. The number of halogens is 1. The van der Waals surface area contributed by atoms with Crippen molar-refractivity contribution in [3.63, 3.8) is 0 Å². The highest BCUT2D eigenvalue weighted by molar-refractivity contribution is 6.30. The third-order valence-electron chi connectivity index (χ3n) is 2.27. The highest BCUT2D eigenvalue weighted by atomic mass is 35.5. The first-order chi connectivity index (χ1) is 8.70. The van der Waals surface area contributed by atoms with E-state index in [0.717, 1.165) is 5.56 Å². The van der Waals surface area contributed by atoms with Crippen molar-refractivity contribution in [2.24, 2.45) is 0 Å². The summed E-state index contributed by atoms with van der Waals surface area (Å²) >= 11 is 5.80. The summed E-state index contributed by atoms with van der Waals surface area (Å²) in [4.78, 5) is 19.7. The average molecular weight is 263 g/mol. The standard InChI is InChI=1S/C13H11ClN2O2/c1-2-18-13(17)10-7-15-12(16-8-10)9-3-5-11(14)6-4-9/h3-8H,2H2,1H3. The van der Waals surface area contributed by atoms with Crippen molar-refractivity contribution in [3.8, 4) is 11.4 Å². The number of esters is 1. The Morgan fingerprint density at radius 1 is 1.22 bits per heavy atom. The third-order valence-corrected chi connectivity index (χ3v) is 2.52. The van der Waals surface area contributed by atoms with Gasteiger partial charge in [-0.25, -0.2) is 14.8 Å². The van der Waals surface area contributed by atoms with E-state index in [4.69, 9.17) is 16.3 Å². The number of benzene rings is 1. The molecule has 2 aromatic rings. The number of carbonyl (C=O) groups excluding carboxylic acids is 1. The molecule has 1 aromatic carbocycles. The molecule has 0 aliphatic rings. The molecule has 0 radical (unpaired) electrons. The fourth-order valence-electron chi connectivity index (χ4n) is 1.40. The molecule has 18 heavy (non-hydrogen) atoms. The summed E-state index contributed by atoms with van der Waals surface area (Å²) in [6, 6.07) is 7.17. The molecular weight excluding hydrogens is 252 g/mol. The molecule has 0 aliphatic carbocycles. The molecular formula is C13H11ClN2O2. The molecule has 0 saturated heterocycles. The van der Waals surface area contributed by atoms with E-state index in [1.807, 2.05) is 12.1 Å². The maximum atomic E-state index is 11.4. The maximum Gasteiger partial charge on any atom is 0.341 e. The van der Waals surface area contributed by atoms with Gasteiger partial charge in [-0.3, -0.25) is 0 Å². The van der Waals surface area contributed by atoms with Gasteiger partial charge in [0.05, 0.1) is 12.2 Å². The Kier molecular flexibility index (Phi) is 3.89. The van der Waals surface area contributed by atoms with Gasteiger partial charge < -0.3 is 4.74 Å². The summed E-state index contributed by atoms with van der Waals surface area (Å²) in [6.45, 7) is 2.08. The zero-order valence-electron chi connectivity index (χ0n) is 9.76. The summed E-state index contributed by atoms with van der Waals surface area (Å²) in [6.07, 6.45) is 2.91. The van der Waals surface area contributed by atoms with Gasteiger partial charge in [0.15, 0.2) is 5.82 Å². The van der Waals surface area contributed by atoms with Gasteiger partial charge >= 0.3 is 5.97 Å². The van der Waals surface area contributed by atoms with Crippen LogP contribution in [0.4, 0.5) is 0 Å². The second-order valence-corrected chi connectivity index (χ2v) is 3.96. The Morgan fingerprint density at radius 2 is 1.83 bits per heavy atom. The summed E-state index contributed by atoms with van der Waals surface area (Å²) < 4.78 is 4.85. The topological polar surface area (TPSA) is 52.1 Å². The van der Waals surface area contributed by atoms with Crippen LogP contribution in [0.3, 0.4) is 0 Å². The van der Waals surface area contributed by atoms with E-state index in [1.54, 1.807) is 19.1 Å². The normalized spacial score (nSPS) is 10.1. The second-order valence-electron chi connectivity index (χ2n) is 3.52. The molecule has 0 aliphatic heterocycles. The van der Waals surface area contributed by atoms with Crippen molar-refractivity contribution in [1.82, 2.24) is 9.97 Å². The molecule has 0 bridgehead atoms. The zero-order valence-corrected chi connectivity index (χ0v) is 10.5. The predicted molar refractivity (Wildman–Crippen MR) is 68.4 cm³/mol. The number of nitrogens with zero attached hydrogens (tertiary/aromatic N) is 2. The molecule has 2 rings (SSSR count). The molecule has 0 spiro atoms. The molecule has 0 fully saturated rings. The summed E-state index contributed by atoms with van der Waals surface area (Å²) in [5.41, 5.74) is 1.18. The van der Waals surface area contributed by atoms with Crippen LogP contribution in [0, 0.1) is 0 Å². The van der Waals surface area contributed by atoms with E-state index in [2.05, 4.69) is 9.97 Å². The van der Waals surface area contributed by atoms with Crippen molar-refractivity contribution < 1.29 is 9.53 Å². The van der Waals surface area contributed by atoms with Crippen LogP contribution in [-0.4, -0.2) is 22.5 Å². The summed E-state index contributed by atoms with van der Waals surface area (Å²) in [7, 11) is 0. The third kappa shape index (κ3) is 2.84. The minimum absolute atomic E-state index is 0.331. The van der Waals surface area contributed by atoms with E-state index in [-0.39, 0.29) is 0 Å². The van der Waals surface area contributed by atoms with Crippen LogP contribution in [0.2, 0.25) is 5.02 Å². The first-order valence-corrected chi connectivity index (χ1v) is 5.83. The molecule has 1 aromatic heterocycles. The van der Waals surface area contributed by atoms with Crippen LogP contribution < -0.4 is 0 Å². The van der Waals surface area contributed by atoms with Gasteiger partial charge in [-0.2, -0.15) is 0 Å². The minimum Gasteiger partial charge on any atom is -0.462 e. The fraction of sp³-hybridized carbons (Fsp3) is 0.154. The minimum atomic E-state index is -0.417. The van der Waals surface area contributed by atoms with Gasteiger partial charge in [0.25, 0.3) is 0 Å². The van der Waals surface area contributed by atoms with Crippen LogP contribution in [0.1, 0.15) is 17.3 Å². The highest BCUT2D eigenvalue weighted by Crippen LogP contribution is 2.17. The summed E-state index contributed by atoms with van der Waals surface area (Å²) in [5, 5.41) is 0.655. The summed E-state index contributed by atoms with van der Waals surface area (Å²) in [5.74, 6) is 0.125. The van der Waals surface area contributed by atoms with E-state index >= 15 is 0 Å². The van der Waals surface area contributed by atoms with E-state index in [0.29, 0.717) is 23.0 Å². The molecule has 5 heteroatoms. The maximum absolute atomic E-state index is 11.4. The smallest absolute Gasteiger partial charge is 0.341 e. The van der Waals surface area contributed by atoms with Gasteiger partial charge in [0.1, 0.15) is 0 Å². The SMILES string of the molecule is CCOC(=O)c1cnc(-c2ccc(Cl)cc2)nc1. The fourth-order valence-corrected chi connectivity index (χ4v) is 1.52.